The van der Waals surface area contributed by atoms with Crippen molar-refractivity contribution in [3.63, 3.8) is 0 Å². The van der Waals surface area contributed by atoms with Gasteiger partial charge in [0, 0.05) is 12.6 Å². The van der Waals surface area contributed by atoms with Crippen LogP contribution in [0.5, 0.6) is 0 Å². The molecular formula is C13H25N. The van der Waals surface area contributed by atoms with E-state index in [1.807, 2.05) is 0 Å². The van der Waals surface area contributed by atoms with E-state index in [0.717, 1.165) is 17.9 Å². The van der Waals surface area contributed by atoms with Crippen molar-refractivity contribution < 1.29 is 0 Å². The van der Waals surface area contributed by atoms with Crippen molar-refractivity contribution in [2.24, 2.45) is 11.8 Å². The maximum absolute atomic E-state index is 2.79. The monoisotopic (exact) mass is 195 g/mol. The highest BCUT2D eigenvalue weighted by Gasteiger charge is 2.30. The summed E-state index contributed by atoms with van der Waals surface area (Å²) in [6.45, 7) is 7.57. The van der Waals surface area contributed by atoms with E-state index in [1.165, 1.54) is 51.6 Å². The summed E-state index contributed by atoms with van der Waals surface area (Å²) in [7, 11) is 0. The topological polar surface area (TPSA) is 3.24 Å². The largest absolute Gasteiger partial charge is 0.300 e. The van der Waals surface area contributed by atoms with Crippen LogP contribution in [0.1, 0.15) is 52.4 Å². The summed E-state index contributed by atoms with van der Waals surface area (Å²) >= 11 is 0. The molecule has 0 aromatic heterocycles. The molecule has 1 saturated carbocycles. The van der Waals surface area contributed by atoms with Gasteiger partial charge in [0.2, 0.25) is 0 Å². The molecule has 0 aromatic carbocycles. The Morgan fingerprint density at radius 1 is 1.14 bits per heavy atom. The highest BCUT2D eigenvalue weighted by atomic mass is 15.2. The van der Waals surface area contributed by atoms with Gasteiger partial charge in [0.1, 0.15) is 0 Å². The molecule has 0 amide bonds. The van der Waals surface area contributed by atoms with Crippen LogP contribution in [-0.2, 0) is 0 Å². The predicted molar refractivity (Wildman–Crippen MR) is 61.4 cm³/mol. The van der Waals surface area contributed by atoms with E-state index in [0.29, 0.717) is 0 Å². The molecule has 1 nitrogen and oxygen atoms in total. The molecule has 1 heterocycles. The number of piperidine rings is 1. The van der Waals surface area contributed by atoms with Gasteiger partial charge in [-0.1, -0.05) is 33.1 Å². The van der Waals surface area contributed by atoms with Gasteiger partial charge in [0.25, 0.3) is 0 Å². The molecule has 2 atom stereocenters. The Kier molecular flexibility index (Phi) is 3.48. The first kappa shape index (κ1) is 10.5. The van der Waals surface area contributed by atoms with Crippen LogP contribution < -0.4 is 0 Å². The fourth-order valence-corrected chi connectivity index (χ4v) is 3.31. The molecule has 0 spiro atoms. The molecule has 2 fully saturated rings. The molecule has 0 radical (unpaired) electrons. The van der Waals surface area contributed by atoms with Crippen LogP contribution in [0.15, 0.2) is 0 Å². The second-order valence-electron chi connectivity index (χ2n) is 5.37. The highest BCUT2D eigenvalue weighted by Crippen LogP contribution is 2.31. The number of nitrogens with zero attached hydrogens (tertiary/aromatic N) is 1. The van der Waals surface area contributed by atoms with Crippen LogP contribution >= 0.6 is 0 Å². The molecule has 14 heavy (non-hydrogen) atoms. The first-order chi connectivity index (χ1) is 6.81. The van der Waals surface area contributed by atoms with E-state index in [9.17, 15) is 0 Å². The van der Waals surface area contributed by atoms with Crippen molar-refractivity contribution in [3.05, 3.63) is 0 Å². The third kappa shape index (κ3) is 2.13. The molecule has 0 N–H and O–H groups in total. The zero-order valence-electron chi connectivity index (χ0n) is 9.84. The van der Waals surface area contributed by atoms with Gasteiger partial charge < -0.3 is 4.90 Å². The second kappa shape index (κ2) is 4.65. The summed E-state index contributed by atoms with van der Waals surface area (Å²) < 4.78 is 0. The van der Waals surface area contributed by atoms with Crippen LogP contribution in [-0.4, -0.2) is 24.0 Å². The third-order valence-electron chi connectivity index (χ3n) is 4.51. The van der Waals surface area contributed by atoms with Crippen molar-refractivity contribution in [1.82, 2.24) is 4.90 Å². The Morgan fingerprint density at radius 3 is 2.50 bits per heavy atom. The second-order valence-corrected chi connectivity index (χ2v) is 5.37. The van der Waals surface area contributed by atoms with Crippen molar-refractivity contribution in [2.45, 2.75) is 58.4 Å². The molecule has 1 heteroatoms. The van der Waals surface area contributed by atoms with E-state index < -0.39 is 0 Å². The van der Waals surface area contributed by atoms with E-state index >= 15 is 0 Å². The van der Waals surface area contributed by atoms with Crippen LogP contribution in [0.3, 0.4) is 0 Å². The third-order valence-corrected chi connectivity index (χ3v) is 4.51. The van der Waals surface area contributed by atoms with E-state index in [-0.39, 0.29) is 0 Å². The molecule has 1 aliphatic carbocycles. The Balaban J connectivity index is 1.88. The summed E-state index contributed by atoms with van der Waals surface area (Å²) in [6.07, 6.45) is 8.73. The maximum atomic E-state index is 2.79. The fourth-order valence-electron chi connectivity index (χ4n) is 3.31. The summed E-state index contributed by atoms with van der Waals surface area (Å²) in [4.78, 5) is 2.79. The summed E-state index contributed by atoms with van der Waals surface area (Å²) in [5.41, 5.74) is 0. The SMILES string of the molecule is CC[C@H]1CN(C2CCCC2)CC[C@@H]1C. The lowest BCUT2D eigenvalue weighted by molar-refractivity contribution is 0.0875. The zero-order chi connectivity index (χ0) is 9.97. The molecule has 0 aromatic rings. The molecular weight excluding hydrogens is 170 g/mol. The lowest BCUT2D eigenvalue weighted by atomic mass is 9.84. The Hall–Kier alpha value is -0.0400. The summed E-state index contributed by atoms with van der Waals surface area (Å²) in [6, 6.07) is 0.955. The molecule has 2 rings (SSSR count). The number of rotatable bonds is 2. The molecule has 0 unspecified atom stereocenters. The van der Waals surface area contributed by atoms with E-state index in [2.05, 4.69) is 18.7 Å². The van der Waals surface area contributed by atoms with Crippen molar-refractivity contribution >= 4 is 0 Å². The molecule has 2 aliphatic rings. The minimum atomic E-state index is 0.955. The number of likely N-dealkylation sites (tertiary alicyclic amines) is 1. The Morgan fingerprint density at radius 2 is 1.86 bits per heavy atom. The van der Waals surface area contributed by atoms with Gasteiger partial charge in [-0.2, -0.15) is 0 Å². The fraction of sp³-hybridized carbons (Fsp3) is 1.00. The molecule has 0 bridgehead atoms. The number of hydrogen-bond acceptors (Lipinski definition) is 1. The maximum Gasteiger partial charge on any atom is 0.00953 e. The van der Waals surface area contributed by atoms with Gasteiger partial charge in [-0.15, -0.1) is 0 Å². The van der Waals surface area contributed by atoms with Crippen molar-refractivity contribution in [1.29, 1.82) is 0 Å². The normalized spacial score (nSPS) is 36.4. The van der Waals surface area contributed by atoms with Crippen molar-refractivity contribution in [3.8, 4) is 0 Å². The smallest absolute Gasteiger partial charge is 0.00953 e. The quantitative estimate of drug-likeness (QED) is 0.653. The summed E-state index contributed by atoms with van der Waals surface area (Å²) in [5.74, 6) is 1.95. The molecule has 82 valence electrons. The first-order valence-electron chi connectivity index (χ1n) is 6.55. The minimum absolute atomic E-state index is 0.955. The zero-order valence-corrected chi connectivity index (χ0v) is 9.84. The molecule has 1 saturated heterocycles. The van der Waals surface area contributed by atoms with Crippen molar-refractivity contribution in [2.75, 3.05) is 13.1 Å². The van der Waals surface area contributed by atoms with Crippen LogP contribution in [0, 0.1) is 11.8 Å². The van der Waals surface area contributed by atoms with Gasteiger partial charge in [-0.05, 0) is 37.6 Å². The van der Waals surface area contributed by atoms with Crippen LogP contribution in [0.2, 0.25) is 0 Å². The van der Waals surface area contributed by atoms with E-state index in [4.69, 9.17) is 0 Å². The van der Waals surface area contributed by atoms with Gasteiger partial charge >= 0.3 is 0 Å². The first-order valence-corrected chi connectivity index (χ1v) is 6.55. The average molecular weight is 195 g/mol. The van der Waals surface area contributed by atoms with Crippen LogP contribution in [0.25, 0.3) is 0 Å². The number of hydrogen-bond donors (Lipinski definition) is 0. The highest BCUT2D eigenvalue weighted by molar-refractivity contribution is 4.84. The van der Waals surface area contributed by atoms with Gasteiger partial charge in [0.05, 0.1) is 0 Å². The minimum Gasteiger partial charge on any atom is -0.300 e. The lowest BCUT2D eigenvalue weighted by Gasteiger charge is -2.40. The summed E-state index contributed by atoms with van der Waals surface area (Å²) in [5, 5.41) is 0. The standard InChI is InChI=1S/C13H25N/c1-3-12-10-14(9-8-11(12)2)13-6-4-5-7-13/h11-13H,3-10H2,1-2H3/t11-,12-/m0/s1. The Labute approximate surface area is 88.9 Å². The van der Waals surface area contributed by atoms with Crippen LogP contribution in [0.4, 0.5) is 0 Å². The average Bonchev–Trinajstić information content (AvgIpc) is 2.71. The van der Waals surface area contributed by atoms with E-state index in [1.54, 1.807) is 0 Å². The predicted octanol–water partition coefficient (Wildman–Crippen LogP) is 3.30. The molecule has 1 aliphatic heterocycles. The van der Waals surface area contributed by atoms with Gasteiger partial charge in [0.15, 0.2) is 0 Å². The lowest BCUT2D eigenvalue weighted by Crippen LogP contribution is -2.44. The Bertz CT molecular complexity index is 172. The van der Waals surface area contributed by atoms with Gasteiger partial charge in [-0.25, -0.2) is 0 Å². The van der Waals surface area contributed by atoms with Gasteiger partial charge in [-0.3, -0.25) is 0 Å².